The molecule has 66 heavy (non-hydrogen) atoms. The molecule has 0 aliphatic carbocycles. The van der Waals surface area contributed by atoms with Gasteiger partial charge in [-0.3, -0.25) is 0 Å². The van der Waals surface area contributed by atoms with Crippen LogP contribution in [0.3, 0.4) is 0 Å². The number of carbonyl (C=O) groups is 4. The molecule has 8 aromatic rings. The zero-order chi connectivity index (χ0) is 46.8. The molecule has 8 rings (SSSR count). The minimum Gasteiger partial charge on any atom is -0.478 e. The monoisotopic (exact) mass is 884 g/mol. The topological polar surface area (TPSA) is 149 Å². The lowest BCUT2D eigenvalue weighted by atomic mass is 9.84. The number of halogens is 4. The van der Waals surface area contributed by atoms with Crippen molar-refractivity contribution < 1.29 is 57.2 Å². The van der Waals surface area contributed by atoms with Crippen LogP contribution in [0.4, 0.5) is 17.6 Å². The molecule has 8 aromatic carbocycles. The summed E-state index contributed by atoms with van der Waals surface area (Å²) < 4.78 is 59.3. The van der Waals surface area contributed by atoms with Gasteiger partial charge in [-0.2, -0.15) is 0 Å². The first-order chi connectivity index (χ1) is 31.7. The van der Waals surface area contributed by atoms with E-state index in [9.17, 15) is 57.2 Å². The molecule has 0 fully saturated rings. The summed E-state index contributed by atoms with van der Waals surface area (Å²) in [5.74, 6) is -9.24. The molecule has 4 N–H and O–H groups in total. The van der Waals surface area contributed by atoms with Crippen LogP contribution in [0, 0.1) is 23.3 Å². The Balaban J connectivity index is 1.32. The lowest BCUT2D eigenvalue weighted by Gasteiger charge is -2.20. The summed E-state index contributed by atoms with van der Waals surface area (Å²) >= 11 is 0. The summed E-state index contributed by atoms with van der Waals surface area (Å²) in [5.41, 5.74) is 6.05. The Hall–Kier alpha value is -8.90. The molecule has 0 aromatic heterocycles. The van der Waals surface area contributed by atoms with Gasteiger partial charge in [-0.25, -0.2) is 36.7 Å². The van der Waals surface area contributed by atoms with E-state index in [4.69, 9.17) is 0 Å². The van der Waals surface area contributed by atoms with E-state index in [2.05, 4.69) is 0 Å². The molecule has 12 heteroatoms. The fourth-order valence-corrected chi connectivity index (χ4v) is 7.70. The Bertz CT molecular complexity index is 2830. The Kier molecular flexibility index (Phi) is 12.0. The largest absolute Gasteiger partial charge is 0.478 e. The van der Waals surface area contributed by atoms with Gasteiger partial charge >= 0.3 is 23.9 Å². The number of carboxylic acid groups (broad SMARTS) is 4. The minimum absolute atomic E-state index is 0.423. The van der Waals surface area contributed by atoms with Gasteiger partial charge in [0.15, 0.2) is 0 Å². The summed E-state index contributed by atoms with van der Waals surface area (Å²) in [5, 5.41) is 37.5. The maximum absolute atomic E-state index is 14.8. The minimum atomic E-state index is -1.40. The van der Waals surface area contributed by atoms with Gasteiger partial charge in [0.05, 0.1) is 22.3 Å². The number of benzene rings is 8. The molecule has 0 saturated heterocycles. The summed E-state index contributed by atoms with van der Waals surface area (Å²) in [6.45, 7) is 0. The van der Waals surface area contributed by atoms with Crippen molar-refractivity contribution in [2.45, 2.75) is 0 Å². The van der Waals surface area contributed by atoms with Gasteiger partial charge in [0.1, 0.15) is 23.3 Å². The van der Waals surface area contributed by atoms with Gasteiger partial charge < -0.3 is 20.4 Å². The maximum Gasteiger partial charge on any atom is 0.338 e. The van der Waals surface area contributed by atoms with E-state index in [1.165, 1.54) is 48.5 Å². The highest BCUT2D eigenvalue weighted by atomic mass is 19.1. The van der Waals surface area contributed by atoms with Crippen LogP contribution < -0.4 is 0 Å². The van der Waals surface area contributed by atoms with Crippen molar-refractivity contribution in [2.75, 3.05) is 0 Å². The highest BCUT2D eigenvalue weighted by Crippen LogP contribution is 2.40. The van der Waals surface area contributed by atoms with Crippen LogP contribution >= 0.6 is 0 Å². The third-order valence-electron chi connectivity index (χ3n) is 11.1. The molecule has 0 heterocycles. The Morgan fingerprint density at radius 3 is 0.576 bits per heavy atom. The van der Waals surface area contributed by atoms with Crippen LogP contribution in [-0.4, -0.2) is 44.3 Å². The molecule has 0 amide bonds. The molecule has 0 unspecified atom stereocenters. The number of hydrogen-bond acceptors (Lipinski definition) is 4. The van der Waals surface area contributed by atoms with Gasteiger partial charge in [0.2, 0.25) is 0 Å². The van der Waals surface area contributed by atoms with E-state index in [1.807, 2.05) is 48.5 Å². The number of aromatic carboxylic acids is 4. The summed E-state index contributed by atoms with van der Waals surface area (Å²) in [7, 11) is 0. The van der Waals surface area contributed by atoms with Gasteiger partial charge in [0.25, 0.3) is 0 Å². The highest BCUT2D eigenvalue weighted by molar-refractivity contribution is 6.05. The van der Waals surface area contributed by atoms with Crippen molar-refractivity contribution in [3.05, 3.63) is 238 Å². The standard InChI is InChI=1S/C54H32F4O8/c55-45-25-37(17-21-41(45)51(59)60)29-1-9-33(10-2-29)49(34-11-3-30(4-12-34)38-18-22-42(52(61)62)46(56)26-38)50(35-13-5-31(6-14-35)39-19-23-43(53(63)64)47(57)27-39)36-15-7-32(8-16-36)40-20-24-44(54(65)66)48(58)28-40/h1-28H,(H,59,60)(H,61,62)(H,63,64)(H,65,66). The fraction of sp³-hybridized carbons (Fsp3) is 0. The van der Waals surface area contributed by atoms with E-state index in [1.54, 1.807) is 48.5 Å². The molecule has 0 atom stereocenters. The lowest BCUT2D eigenvalue weighted by molar-refractivity contribution is 0.0680. The second kappa shape index (κ2) is 18.1. The molecular formula is C54H32F4O8. The second-order valence-electron chi connectivity index (χ2n) is 15.1. The van der Waals surface area contributed by atoms with Gasteiger partial charge in [0, 0.05) is 0 Å². The SMILES string of the molecule is O=C(O)c1ccc(-c2ccc(C(=C(c3ccc(-c4ccc(C(=O)O)c(F)c4)cc3)c3ccc(-c4ccc(C(=O)O)c(F)c4)cc3)c3ccc(-c4ccc(C(=O)O)c(F)c4)cc3)cc2)cc1F. The van der Waals surface area contributed by atoms with Crippen LogP contribution in [0.15, 0.2) is 170 Å². The van der Waals surface area contributed by atoms with Gasteiger partial charge in [-0.1, -0.05) is 121 Å². The van der Waals surface area contributed by atoms with Crippen LogP contribution in [-0.2, 0) is 0 Å². The average molecular weight is 885 g/mol. The van der Waals surface area contributed by atoms with Crippen molar-refractivity contribution >= 4 is 35.0 Å². The Morgan fingerprint density at radius 2 is 0.424 bits per heavy atom. The third-order valence-corrected chi connectivity index (χ3v) is 11.1. The van der Waals surface area contributed by atoms with Crippen molar-refractivity contribution in [3.63, 3.8) is 0 Å². The Morgan fingerprint density at radius 1 is 0.258 bits per heavy atom. The highest BCUT2D eigenvalue weighted by Gasteiger charge is 2.20. The zero-order valence-electron chi connectivity index (χ0n) is 34.1. The number of rotatable bonds is 12. The van der Waals surface area contributed by atoms with Crippen LogP contribution in [0.2, 0.25) is 0 Å². The van der Waals surface area contributed by atoms with E-state index >= 15 is 0 Å². The zero-order valence-corrected chi connectivity index (χ0v) is 34.1. The molecule has 8 nitrogen and oxygen atoms in total. The van der Waals surface area contributed by atoms with Crippen molar-refractivity contribution in [1.29, 1.82) is 0 Å². The maximum atomic E-state index is 14.8. The van der Waals surface area contributed by atoms with Crippen LogP contribution in [0.25, 0.3) is 55.7 Å². The van der Waals surface area contributed by atoms with E-state index in [0.29, 0.717) is 77.9 Å². The van der Waals surface area contributed by atoms with Crippen LogP contribution in [0.5, 0.6) is 0 Å². The molecule has 324 valence electrons. The normalized spacial score (nSPS) is 10.9. The predicted octanol–water partition coefficient (Wildman–Crippen LogP) is 12.7. The third kappa shape index (κ3) is 8.84. The molecule has 0 aliphatic heterocycles. The predicted molar refractivity (Wildman–Crippen MR) is 240 cm³/mol. The molecule has 0 saturated carbocycles. The lowest BCUT2D eigenvalue weighted by Crippen LogP contribution is -2.01. The number of hydrogen-bond donors (Lipinski definition) is 4. The van der Waals surface area contributed by atoms with Crippen molar-refractivity contribution in [2.24, 2.45) is 0 Å². The fourth-order valence-electron chi connectivity index (χ4n) is 7.70. The first-order valence-electron chi connectivity index (χ1n) is 20.0. The van der Waals surface area contributed by atoms with E-state index < -0.39 is 69.4 Å². The number of carboxylic acids is 4. The van der Waals surface area contributed by atoms with Gasteiger partial charge in [-0.05, 0) is 126 Å². The smallest absolute Gasteiger partial charge is 0.338 e. The van der Waals surface area contributed by atoms with E-state index in [0.717, 1.165) is 24.3 Å². The quantitative estimate of drug-likeness (QED) is 0.0700. The first-order valence-corrected chi connectivity index (χ1v) is 20.0. The molecular weight excluding hydrogens is 853 g/mol. The molecule has 0 bridgehead atoms. The summed E-state index contributed by atoms with van der Waals surface area (Å²) in [6, 6.07) is 43.8. The van der Waals surface area contributed by atoms with Gasteiger partial charge in [-0.15, -0.1) is 0 Å². The second-order valence-corrected chi connectivity index (χ2v) is 15.1. The first kappa shape index (κ1) is 43.7. The van der Waals surface area contributed by atoms with Crippen molar-refractivity contribution in [3.8, 4) is 44.5 Å². The average Bonchev–Trinajstić information content (AvgIpc) is 3.30. The summed E-state index contributed by atoms with van der Waals surface area (Å²) in [6.07, 6.45) is 0. The van der Waals surface area contributed by atoms with Crippen LogP contribution in [0.1, 0.15) is 63.7 Å². The molecule has 0 spiro atoms. The molecule has 0 aliphatic rings. The van der Waals surface area contributed by atoms with E-state index in [-0.39, 0.29) is 0 Å². The summed E-state index contributed by atoms with van der Waals surface area (Å²) in [4.78, 5) is 46.0. The Labute approximate surface area is 373 Å². The van der Waals surface area contributed by atoms with Crippen molar-refractivity contribution in [1.82, 2.24) is 0 Å². The molecule has 0 radical (unpaired) electrons.